The predicted octanol–water partition coefficient (Wildman–Crippen LogP) is 2.03. The summed E-state index contributed by atoms with van der Waals surface area (Å²) >= 11 is 0. The highest BCUT2D eigenvalue weighted by Gasteiger charge is 2.26. The number of aryl methyl sites for hydroxylation is 1. The zero-order valence-corrected chi connectivity index (χ0v) is 8.20. The number of nitrogens with zero attached hydrogens (tertiary/aromatic N) is 2. The molecule has 2 aromatic rings. The minimum absolute atomic E-state index is 0.644. The van der Waals surface area contributed by atoms with Gasteiger partial charge in [-0.25, -0.2) is 0 Å². The normalized spacial score (nSPS) is 16.4. The molecule has 72 valence electrons. The molecule has 1 fully saturated rings. The van der Waals surface area contributed by atoms with Gasteiger partial charge < -0.3 is 5.73 Å². The number of hydrogen-bond donors (Lipinski definition) is 1. The zero-order valence-electron chi connectivity index (χ0n) is 8.20. The van der Waals surface area contributed by atoms with Crippen LogP contribution in [-0.2, 0) is 7.05 Å². The summed E-state index contributed by atoms with van der Waals surface area (Å²) in [4.78, 5) is 0. The van der Waals surface area contributed by atoms with Gasteiger partial charge in [0.05, 0.1) is 5.52 Å². The van der Waals surface area contributed by atoms with E-state index >= 15 is 0 Å². The summed E-state index contributed by atoms with van der Waals surface area (Å²) in [7, 11) is 1.96. The number of hydrogen-bond acceptors (Lipinski definition) is 2. The van der Waals surface area contributed by atoms with Crippen LogP contribution in [0.25, 0.3) is 10.9 Å². The Morgan fingerprint density at radius 3 is 2.93 bits per heavy atom. The summed E-state index contributed by atoms with van der Waals surface area (Å²) in [6.07, 6.45) is 2.62. The van der Waals surface area contributed by atoms with E-state index in [2.05, 4.69) is 17.2 Å². The second kappa shape index (κ2) is 2.50. The molecule has 1 aliphatic rings. The lowest BCUT2D eigenvalue weighted by Gasteiger charge is -2.02. The fourth-order valence-electron chi connectivity index (χ4n) is 2.12. The number of rotatable bonds is 1. The molecule has 14 heavy (non-hydrogen) atoms. The third-order valence-electron chi connectivity index (χ3n) is 2.94. The number of para-hydroxylation sites is 1. The molecule has 1 aromatic carbocycles. The Kier molecular flexibility index (Phi) is 1.40. The van der Waals surface area contributed by atoms with Crippen molar-refractivity contribution in [2.24, 2.45) is 7.05 Å². The third kappa shape index (κ3) is 0.953. The minimum Gasteiger partial charge on any atom is -0.382 e. The lowest BCUT2D eigenvalue weighted by molar-refractivity contribution is 0.796. The molecule has 1 aromatic heterocycles. The van der Waals surface area contributed by atoms with E-state index in [-0.39, 0.29) is 0 Å². The van der Waals surface area contributed by atoms with Crippen LogP contribution in [0.1, 0.15) is 24.3 Å². The van der Waals surface area contributed by atoms with Crippen molar-refractivity contribution in [2.75, 3.05) is 5.73 Å². The number of fused-ring (bicyclic) bond motifs is 1. The van der Waals surface area contributed by atoms with Gasteiger partial charge >= 0.3 is 0 Å². The maximum atomic E-state index is 5.83. The van der Waals surface area contributed by atoms with Crippen LogP contribution in [0.15, 0.2) is 18.2 Å². The first-order chi connectivity index (χ1) is 6.77. The first kappa shape index (κ1) is 7.85. The summed E-state index contributed by atoms with van der Waals surface area (Å²) in [5.74, 6) is 1.39. The predicted molar refractivity (Wildman–Crippen MR) is 57.1 cm³/mol. The van der Waals surface area contributed by atoms with Gasteiger partial charge in [0.2, 0.25) is 0 Å². The molecule has 0 saturated heterocycles. The molecule has 3 heteroatoms. The number of anilines is 1. The van der Waals surface area contributed by atoms with E-state index in [0.29, 0.717) is 5.82 Å². The Labute approximate surface area is 82.5 Å². The summed E-state index contributed by atoms with van der Waals surface area (Å²) < 4.78 is 1.90. The average Bonchev–Trinajstić information content (AvgIpc) is 2.96. The molecule has 0 amide bonds. The lowest BCUT2D eigenvalue weighted by Crippen LogP contribution is -1.93. The average molecular weight is 187 g/mol. The summed E-state index contributed by atoms with van der Waals surface area (Å²) in [6, 6.07) is 6.32. The van der Waals surface area contributed by atoms with Crippen molar-refractivity contribution in [2.45, 2.75) is 18.8 Å². The number of nitrogen functional groups attached to an aromatic ring is 1. The van der Waals surface area contributed by atoms with Crippen molar-refractivity contribution in [1.82, 2.24) is 9.78 Å². The molecule has 0 bridgehead atoms. The van der Waals surface area contributed by atoms with Crippen LogP contribution in [-0.4, -0.2) is 9.78 Å². The molecule has 1 heterocycles. The molecule has 0 spiro atoms. The monoisotopic (exact) mass is 187 g/mol. The zero-order chi connectivity index (χ0) is 9.71. The Hall–Kier alpha value is -1.51. The van der Waals surface area contributed by atoms with Crippen molar-refractivity contribution >= 4 is 16.7 Å². The Bertz CT molecular complexity index is 494. The Balaban J connectivity index is 2.38. The molecule has 0 aliphatic heterocycles. The van der Waals surface area contributed by atoms with Crippen LogP contribution in [0, 0.1) is 0 Å². The van der Waals surface area contributed by atoms with E-state index in [1.165, 1.54) is 23.9 Å². The van der Waals surface area contributed by atoms with E-state index in [9.17, 15) is 0 Å². The van der Waals surface area contributed by atoms with Crippen LogP contribution >= 0.6 is 0 Å². The van der Waals surface area contributed by atoms with E-state index < -0.39 is 0 Å². The van der Waals surface area contributed by atoms with Gasteiger partial charge in [-0.3, -0.25) is 4.68 Å². The quantitative estimate of drug-likeness (QED) is 0.742. The first-order valence-electron chi connectivity index (χ1n) is 4.98. The SMILES string of the molecule is Cn1nc(N)c2cccc(C3CC3)c21. The lowest BCUT2D eigenvalue weighted by atomic mass is 10.1. The van der Waals surface area contributed by atoms with Crippen molar-refractivity contribution in [3.8, 4) is 0 Å². The van der Waals surface area contributed by atoms with Gasteiger partial charge in [-0.05, 0) is 30.4 Å². The van der Waals surface area contributed by atoms with Crippen molar-refractivity contribution in [3.05, 3.63) is 23.8 Å². The maximum absolute atomic E-state index is 5.83. The molecule has 2 N–H and O–H groups in total. The van der Waals surface area contributed by atoms with Gasteiger partial charge in [0.15, 0.2) is 5.82 Å². The summed E-state index contributed by atoms with van der Waals surface area (Å²) in [6.45, 7) is 0. The molecular weight excluding hydrogens is 174 g/mol. The van der Waals surface area contributed by atoms with Gasteiger partial charge in [0.1, 0.15) is 0 Å². The van der Waals surface area contributed by atoms with Crippen LogP contribution in [0.2, 0.25) is 0 Å². The number of nitrogens with two attached hydrogens (primary N) is 1. The second-order valence-electron chi connectivity index (χ2n) is 4.03. The molecular formula is C11H13N3. The van der Waals surface area contributed by atoms with E-state index in [4.69, 9.17) is 5.73 Å². The molecule has 3 nitrogen and oxygen atoms in total. The molecule has 0 radical (unpaired) electrons. The maximum Gasteiger partial charge on any atom is 0.153 e. The van der Waals surface area contributed by atoms with Gasteiger partial charge in [-0.2, -0.15) is 5.10 Å². The molecule has 3 rings (SSSR count). The minimum atomic E-state index is 0.644. The fraction of sp³-hybridized carbons (Fsp3) is 0.364. The Morgan fingerprint density at radius 2 is 2.21 bits per heavy atom. The molecule has 1 saturated carbocycles. The highest BCUT2D eigenvalue weighted by Crippen LogP contribution is 2.43. The Morgan fingerprint density at radius 1 is 1.43 bits per heavy atom. The summed E-state index contributed by atoms with van der Waals surface area (Å²) in [5, 5.41) is 5.35. The van der Waals surface area contributed by atoms with Crippen molar-refractivity contribution < 1.29 is 0 Å². The van der Waals surface area contributed by atoms with E-state index in [0.717, 1.165) is 11.3 Å². The van der Waals surface area contributed by atoms with Gasteiger partial charge in [-0.15, -0.1) is 0 Å². The van der Waals surface area contributed by atoms with E-state index in [1.807, 2.05) is 17.8 Å². The second-order valence-corrected chi connectivity index (χ2v) is 4.03. The molecule has 0 atom stereocenters. The van der Waals surface area contributed by atoms with E-state index in [1.54, 1.807) is 0 Å². The van der Waals surface area contributed by atoms with Crippen molar-refractivity contribution in [1.29, 1.82) is 0 Å². The van der Waals surface area contributed by atoms with Crippen LogP contribution in [0.3, 0.4) is 0 Å². The van der Waals surface area contributed by atoms with Crippen LogP contribution in [0.5, 0.6) is 0 Å². The standard InChI is InChI=1S/C11H13N3/c1-14-10-8(7-5-6-7)3-2-4-9(10)11(12)13-14/h2-4,7H,5-6H2,1H3,(H2,12,13). The molecule has 1 aliphatic carbocycles. The fourth-order valence-corrected chi connectivity index (χ4v) is 2.12. The van der Waals surface area contributed by atoms with Gasteiger partial charge in [0, 0.05) is 12.4 Å². The van der Waals surface area contributed by atoms with Gasteiger partial charge in [0.25, 0.3) is 0 Å². The van der Waals surface area contributed by atoms with Crippen molar-refractivity contribution in [3.63, 3.8) is 0 Å². The highest BCUT2D eigenvalue weighted by molar-refractivity contribution is 5.91. The number of benzene rings is 1. The molecule has 0 unspecified atom stereocenters. The largest absolute Gasteiger partial charge is 0.382 e. The number of aromatic nitrogens is 2. The summed E-state index contributed by atoms with van der Waals surface area (Å²) in [5.41, 5.74) is 8.46. The highest BCUT2D eigenvalue weighted by atomic mass is 15.3. The smallest absolute Gasteiger partial charge is 0.153 e. The van der Waals surface area contributed by atoms with Gasteiger partial charge in [-0.1, -0.05) is 12.1 Å². The third-order valence-corrected chi connectivity index (χ3v) is 2.94. The van der Waals surface area contributed by atoms with Crippen LogP contribution < -0.4 is 5.73 Å². The first-order valence-corrected chi connectivity index (χ1v) is 4.98. The topological polar surface area (TPSA) is 43.8 Å². The van der Waals surface area contributed by atoms with Crippen LogP contribution in [0.4, 0.5) is 5.82 Å².